The number of halogens is 1. The van der Waals surface area contributed by atoms with Crippen molar-refractivity contribution in [2.45, 2.75) is 45.4 Å². The maximum absolute atomic E-state index is 10.7. The third-order valence-corrected chi connectivity index (χ3v) is 3.50. The molecule has 0 radical (unpaired) electrons. The number of aliphatic hydroxyl groups is 1. The lowest BCUT2D eigenvalue weighted by molar-refractivity contribution is 0.0378. The van der Waals surface area contributed by atoms with E-state index in [1.807, 2.05) is 14.1 Å². The number of hydrogen-bond acceptors (Lipinski definition) is 4. The fourth-order valence-electron chi connectivity index (χ4n) is 2.08. The molecule has 0 bridgehead atoms. The molecule has 0 aliphatic rings. The summed E-state index contributed by atoms with van der Waals surface area (Å²) >= 11 is 6.21. The van der Waals surface area contributed by atoms with E-state index < -0.39 is 5.60 Å². The zero-order valence-corrected chi connectivity index (χ0v) is 13.9. The van der Waals surface area contributed by atoms with Gasteiger partial charge in [0.1, 0.15) is 5.60 Å². The topological polar surface area (TPSA) is 53.3 Å². The Kier molecular flexibility index (Phi) is 6.45. The summed E-state index contributed by atoms with van der Waals surface area (Å²) in [6, 6.07) is 0.403. The quantitative estimate of drug-likeness (QED) is 0.767. The fraction of sp³-hybridized carbons (Fsp3) is 0.786. The van der Waals surface area contributed by atoms with E-state index in [2.05, 4.69) is 29.2 Å². The maximum atomic E-state index is 10.7. The third-order valence-electron chi connectivity index (χ3n) is 3.23. The van der Waals surface area contributed by atoms with Crippen molar-refractivity contribution in [1.82, 2.24) is 20.0 Å². The van der Waals surface area contributed by atoms with Gasteiger partial charge in [-0.05, 0) is 34.0 Å². The molecule has 0 saturated carbocycles. The molecule has 1 aromatic rings. The average molecular weight is 303 g/mol. The van der Waals surface area contributed by atoms with Gasteiger partial charge in [-0.2, -0.15) is 5.10 Å². The van der Waals surface area contributed by atoms with E-state index in [-0.39, 0.29) is 0 Å². The first kappa shape index (κ1) is 17.4. The van der Waals surface area contributed by atoms with Gasteiger partial charge < -0.3 is 15.3 Å². The highest BCUT2D eigenvalue weighted by molar-refractivity contribution is 6.31. The second-order valence-corrected chi connectivity index (χ2v) is 6.41. The van der Waals surface area contributed by atoms with Crippen molar-refractivity contribution >= 4 is 11.6 Å². The van der Waals surface area contributed by atoms with Crippen LogP contribution < -0.4 is 5.32 Å². The minimum Gasteiger partial charge on any atom is -0.384 e. The molecule has 20 heavy (non-hydrogen) atoms. The number of nitrogens with one attached hydrogen (secondary N) is 1. The molecule has 1 unspecified atom stereocenters. The normalized spacial score (nSPS) is 15.1. The van der Waals surface area contributed by atoms with Gasteiger partial charge in [-0.1, -0.05) is 25.4 Å². The standard InChI is InChI=1S/C14H27ClN4O/c1-11(2)16-7-6-14(3,20)13-12(15)10-17-19(13)9-8-18(4)5/h10-11,16,20H,6-9H2,1-5H3. The van der Waals surface area contributed by atoms with Crippen LogP contribution in [0.1, 0.15) is 32.9 Å². The molecule has 0 aliphatic carbocycles. The van der Waals surface area contributed by atoms with E-state index in [0.29, 0.717) is 29.7 Å². The van der Waals surface area contributed by atoms with E-state index in [4.69, 9.17) is 11.6 Å². The SMILES string of the molecule is CC(C)NCCC(C)(O)c1c(Cl)cnn1CCN(C)C. The molecule has 0 saturated heterocycles. The van der Waals surface area contributed by atoms with Gasteiger partial charge in [0.15, 0.2) is 0 Å². The third kappa shape index (κ3) is 5.05. The van der Waals surface area contributed by atoms with Crippen LogP contribution in [-0.2, 0) is 12.1 Å². The van der Waals surface area contributed by atoms with Crippen LogP contribution in [0, 0.1) is 0 Å². The summed E-state index contributed by atoms with van der Waals surface area (Å²) in [6.07, 6.45) is 2.20. The Hall–Kier alpha value is -0.620. The van der Waals surface area contributed by atoms with Gasteiger partial charge in [-0.25, -0.2) is 0 Å². The molecule has 1 atom stereocenters. The van der Waals surface area contributed by atoms with Crippen LogP contribution in [0.25, 0.3) is 0 Å². The van der Waals surface area contributed by atoms with E-state index in [0.717, 1.165) is 13.1 Å². The highest BCUT2D eigenvalue weighted by Crippen LogP contribution is 2.30. The van der Waals surface area contributed by atoms with Crippen molar-refractivity contribution in [3.63, 3.8) is 0 Å². The molecular formula is C14H27ClN4O. The molecule has 2 N–H and O–H groups in total. The smallest absolute Gasteiger partial charge is 0.106 e. The Bertz CT molecular complexity index is 415. The van der Waals surface area contributed by atoms with Crippen LogP contribution in [0.3, 0.4) is 0 Å². The van der Waals surface area contributed by atoms with Gasteiger partial charge in [0, 0.05) is 12.6 Å². The molecular weight excluding hydrogens is 276 g/mol. The van der Waals surface area contributed by atoms with Crippen molar-refractivity contribution in [3.8, 4) is 0 Å². The predicted molar refractivity (Wildman–Crippen MR) is 83.1 cm³/mol. The number of likely N-dealkylation sites (N-methyl/N-ethyl adjacent to an activating group) is 1. The van der Waals surface area contributed by atoms with Crippen molar-refractivity contribution in [3.05, 3.63) is 16.9 Å². The lowest BCUT2D eigenvalue weighted by Gasteiger charge is -2.26. The number of aromatic nitrogens is 2. The van der Waals surface area contributed by atoms with Crippen molar-refractivity contribution in [1.29, 1.82) is 0 Å². The second-order valence-electron chi connectivity index (χ2n) is 6.00. The van der Waals surface area contributed by atoms with Crippen LogP contribution in [-0.4, -0.2) is 53.0 Å². The Morgan fingerprint density at radius 2 is 2.15 bits per heavy atom. The van der Waals surface area contributed by atoms with E-state index in [9.17, 15) is 5.11 Å². The molecule has 0 amide bonds. The Balaban J connectivity index is 2.79. The molecule has 0 spiro atoms. The largest absolute Gasteiger partial charge is 0.384 e. The molecule has 0 fully saturated rings. The van der Waals surface area contributed by atoms with Gasteiger partial charge in [0.25, 0.3) is 0 Å². The summed E-state index contributed by atoms with van der Waals surface area (Å²) in [5.74, 6) is 0. The lowest BCUT2D eigenvalue weighted by atomic mass is 9.97. The molecule has 1 rings (SSSR count). The van der Waals surface area contributed by atoms with E-state index >= 15 is 0 Å². The van der Waals surface area contributed by atoms with Crippen molar-refractivity contribution < 1.29 is 5.11 Å². The van der Waals surface area contributed by atoms with Crippen LogP contribution in [0.4, 0.5) is 0 Å². The highest BCUT2D eigenvalue weighted by atomic mass is 35.5. The Labute approximate surface area is 126 Å². The van der Waals surface area contributed by atoms with Gasteiger partial charge >= 0.3 is 0 Å². The first-order valence-corrected chi connectivity index (χ1v) is 7.44. The summed E-state index contributed by atoms with van der Waals surface area (Å²) in [7, 11) is 4.02. The Morgan fingerprint density at radius 1 is 1.50 bits per heavy atom. The zero-order chi connectivity index (χ0) is 15.3. The first-order valence-electron chi connectivity index (χ1n) is 7.06. The van der Waals surface area contributed by atoms with Crippen LogP contribution in [0.5, 0.6) is 0 Å². The number of nitrogens with zero attached hydrogens (tertiary/aromatic N) is 3. The summed E-state index contributed by atoms with van der Waals surface area (Å²) in [5, 5.41) is 18.8. The van der Waals surface area contributed by atoms with Gasteiger partial charge in [0.2, 0.25) is 0 Å². The lowest BCUT2D eigenvalue weighted by Crippen LogP contribution is -2.33. The Morgan fingerprint density at radius 3 is 2.70 bits per heavy atom. The van der Waals surface area contributed by atoms with Crippen LogP contribution in [0.2, 0.25) is 5.02 Å². The predicted octanol–water partition coefficient (Wildman–Crippen LogP) is 1.69. The van der Waals surface area contributed by atoms with E-state index in [1.165, 1.54) is 0 Å². The van der Waals surface area contributed by atoms with Crippen LogP contribution in [0.15, 0.2) is 6.20 Å². The van der Waals surface area contributed by atoms with Gasteiger partial charge in [-0.15, -0.1) is 0 Å². The first-order chi connectivity index (χ1) is 9.24. The molecule has 1 aromatic heterocycles. The molecule has 5 nitrogen and oxygen atoms in total. The summed E-state index contributed by atoms with van der Waals surface area (Å²) < 4.78 is 1.80. The maximum Gasteiger partial charge on any atom is 0.106 e. The van der Waals surface area contributed by atoms with Gasteiger partial charge in [-0.3, -0.25) is 4.68 Å². The number of rotatable bonds is 8. The molecule has 1 heterocycles. The molecule has 0 aromatic carbocycles. The monoisotopic (exact) mass is 302 g/mol. The summed E-state index contributed by atoms with van der Waals surface area (Å²) in [6.45, 7) is 8.27. The molecule has 116 valence electrons. The van der Waals surface area contributed by atoms with Crippen LogP contribution >= 0.6 is 11.6 Å². The average Bonchev–Trinajstić information content (AvgIpc) is 2.67. The van der Waals surface area contributed by atoms with Gasteiger partial charge in [0.05, 0.1) is 23.5 Å². The van der Waals surface area contributed by atoms with Crippen molar-refractivity contribution in [2.24, 2.45) is 0 Å². The van der Waals surface area contributed by atoms with Crippen molar-refractivity contribution in [2.75, 3.05) is 27.2 Å². The molecule has 0 aliphatic heterocycles. The second kappa shape index (κ2) is 7.41. The number of hydrogen-bond donors (Lipinski definition) is 2. The summed E-state index contributed by atoms with van der Waals surface area (Å²) in [4.78, 5) is 2.08. The minimum absolute atomic E-state index is 0.403. The molecule has 6 heteroatoms. The highest BCUT2D eigenvalue weighted by Gasteiger charge is 2.30. The van der Waals surface area contributed by atoms with E-state index in [1.54, 1.807) is 17.8 Å². The fourth-order valence-corrected chi connectivity index (χ4v) is 2.43. The zero-order valence-electron chi connectivity index (χ0n) is 13.1. The minimum atomic E-state index is -0.984. The summed E-state index contributed by atoms with van der Waals surface area (Å²) in [5.41, 5.74) is -0.284.